The van der Waals surface area contributed by atoms with Crippen LogP contribution in [0.4, 0.5) is 34.1 Å². The van der Waals surface area contributed by atoms with Gasteiger partial charge >= 0.3 is 0 Å². The second kappa shape index (κ2) is 27.6. The number of nitrogens with one attached hydrogen (secondary N) is 4. The summed E-state index contributed by atoms with van der Waals surface area (Å²) in [7, 11) is -9.48. The van der Waals surface area contributed by atoms with Crippen LogP contribution in [0.25, 0.3) is 33.4 Å². The van der Waals surface area contributed by atoms with Crippen molar-refractivity contribution in [2.45, 2.75) is 210 Å². The van der Waals surface area contributed by atoms with E-state index in [0.717, 1.165) is 68.1 Å². The average molecular weight is 1210 g/mol. The molecular formula is C65H89N6O10S3-. The van der Waals surface area contributed by atoms with Gasteiger partial charge in [-0.1, -0.05) is 137 Å². The molecule has 0 spiro atoms. The smallest absolute Gasteiger partial charge is 0.295 e. The maximum atomic E-state index is 15.3. The van der Waals surface area contributed by atoms with Gasteiger partial charge in [0.2, 0.25) is 21.8 Å². The number of hydrogen-bond donors (Lipinski definition) is 5. The predicted octanol–water partition coefficient (Wildman–Crippen LogP) is 15.6. The maximum Gasteiger partial charge on any atom is 0.295 e. The van der Waals surface area contributed by atoms with Crippen LogP contribution < -0.4 is 30.3 Å². The van der Waals surface area contributed by atoms with Gasteiger partial charge in [0.25, 0.3) is 10.1 Å². The van der Waals surface area contributed by atoms with Crippen LogP contribution in [0.3, 0.4) is 0 Å². The summed E-state index contributed by atoms with van der Waals surface area (Å²) in [4.78, 5) is 31.4. The molecule has 1 aliphatic heterocycles. The van der Waals surface area contributed by atoms with Crippen molar-refractivity contribution in [2.75, 3.05) is 20.3 Å². The topological polar surface area (TPSA) is 240 Å². The highest BCUT2D eigenvalue weighted by atomic mass is 32.2. The van der Waals surface area contributed by atoms with Crippen LogP contribution in [0.15, 0.2) is 79.9 Å². The summed E-state index contributed by atoms with van der Waals surface area (Å²) < 4.78 is 108. The SMILES string of the molecule is CCCCCCC(C)NS(=O)(=O)c1cc2c(-c3ccccc3S(=O)(=O)O)c3cc(N(C(C)CCCCCC)S(=O)[O-])c(Nc4c(C)cc(C)c(NC(=O)CC(C)(C)C)c4C)cc3oc-2cc1=Nc1c(C)cc(C)c(NC(=O)CC(C)(C)C)c1C. The maximum absolute atomic E-state index is 15.3. The number of carbonyl (C=O) groups is 2. The van der Waals surface area contributed by atoms with Gasteiger partial charge in [0, 0.05) is 87.5 Å². The molecule has 0 radical (unpaired) electrons. The Balaban J connectivity index is 1.80. The van der Waals surface area contributed by atoms with Crippen LogP contribution in [0.1, 0.15) is 180 Å². The Kier molecular flexibility index (Phi) is 22.1. The number of amides is 2. The number of hydrogen-bond acceptors (Lipinski definition) is 11. The van der Waals surface area contributed by atoms with E-state index in [1.165, 1.54) is 34.6 Å². The Hall–Kier alpha value is -5.96. The van der Waals surface area contributed by atoms with E-state index in [4.69, 9.17) is 9.41 Å². The minimum Gasteiger partial charge on any atom is -0.755 e. The molecule has 5 N–H and O–H groups in total. The van der Waals surface area contributed by atoms with Crippen LogP contribution in [0.2, 0.25) is 0 Å². The van der Waals surface area contributed by atoms with Crippen LogP contribution in [0, 0.1) is 52.4 Å². The van der Waals surface area contributed by atoms with E-state index in [1.807, 2.05) is 102 Å². The zero-order valence-electron chi connectivity index (χ0n) is 52.2. The Morgan fingerprint density at radius 1 is 0.690 bits per heavy atom. The predicted molar refractivity (Wildman–Crippen MR) is 341 cm³/mol. The molecule has 3 unspecified atom stereocenters. The monoisotopic (exact) mass is 1210 g/mol. The van der Waals surface area contributed by atoms with Crippen molar-refractivity contribution in [3.63, 3.8) is 0 Å². The first-order valence-corrected chi connectivity index (χ1v) is 33.3. The minimum atomic E-state index is -4.99. The van der Waals surface area contributed by atoms with E-state index < -0.39 is 48.4 Å². The van der Waals surface area contributed by atoms with Crippen molar-refractivity contribution in [3.8, 4) is 22.5 Å². The highest BCUT2D eigenvalue weighted by molar-refractivity contribution is 7.89. The van der Waals surface area contributed by atoms with Gasteiger partial charge in [-0.25, -0.2) is 18.1 Å². The van der Waals surface area contributed by atoms with Crippen LogP contribution in [-0.2, 0) is 41.0 Å². The van der Waals surface area contributed by atoms with E-state index in [1.54, 1.807) is 25.1 Å². The fraction of sp³-hybridized carbons (Fsp3) is 0.492. The van der Waals surface area contributed by atoms with Crippen LogP contribution >= 0.6 is 0 Å². The Morgan fingerprint density at radius 3 is 1.80 bits per heavy atom. The molecule has 16 nitrogen and oxygen atoms in total. The quantitative estimate of drug-likeness (QED) is 0.0156. The molecule has 2 amide bonds. The summed E-state index contributed by atoms with van der Waals surface area (Å²) in [6.07, 6.45) is 8.76. The van der Waals surface area contributed by atoms with E-state index in [2.05, 4.69) is 34.5 Å². The standard InChI is InChI=1S/C65H90N6O10S3/c1-17-19-21-23-27-43(7)70-83(76,77)56-34-49-54(36-51(56)67-61-40(4)32-42(6)63(46(61)10)69-58(73)38-65(14,15)16)81-53-35-50(66-60-39(3)31-41(5)62(45(60)9)68-57(72)37-64(11,12)13)52(71(82(74)75)44(8)28-24-22-20-18-2)33-48(53)59(49)47-29-25-26-30-55(47)84(78,79)80/h25-26,29-36,43-44,66,70H,17-24,27-28,37-38H2,1-16H3,(H,68,72)(H,69,73)(H,74,75)(H,78,79,80)/p-1. The Morgan fingerprint density at radius 2 is 1.24 bits per heavy atom. The lowest BCUT2D eigenvalue weighted by Gasteiger charge is -2.35. The highest BCUT2D eigenvalue weighted by Gasteiger charge is 2.31. The number of aryl methyl sites for hydroxylation is 4. The largest absolute Gasteiger partial charge is 0.755 e. The average Bonchev–Trinajstić information content (AvgIpc) is 1.41. The molecule has 19 heteroatoms. The highest BCUT2D eigenvalue weighted by Crippen LogP contribution is 2.48. The minimum absolute atomic E-state index is 0.0214. The molecule has 4 aromatic rings. The molecule has 0 bridgehead atoms. The Labute approximate surface area is 502 Å². The first-order chi connectivity index (χ1) is 39.2. The number of carbonyl (C=O) groups excluding carboxylic acids is 2. The van der Waals surface area contributed by atoms with Crippen molar-refractivity contribution in [3.05, 3.63) is 99.4 Å². The molecule has 0 saturated carbocycles. The van der Waals surface area contributed by atoms with Crippen LogP contribution in [0.5, 0.6) is 0 Å². The third kappa shape index (κ3) is 16.7. The molecule has 0 aromatic heterocycles. The summed E-state index contributed by atoms with van der Waals surface area (Å²) >= 11 is -2.90. The molecule has 2 aliphatic rings. The number of fused-ring (bicyclic) bond motifs is 2. The molecular weight excluding hydrogens is 1120 g/mol. The molecule has 0 saturated heterocycles. The van der Waals surface area contributed by atoms with Gasteiger partial charge in [0.05, 0.1) is 22.4 Å². The van der Waals surface area contributed by atoms with Crippen molar-refractivity contribution >= 4 is 88.3 Å². The lowest BCUT2D eigenvalue weighted by atomic mass is 9.91. The second-order valence-corrected chi connectivity index (χ2v) is 29.2. The number of benzene rings is 5. The van der Waals surface area contributed by atoms with Gasteiger partial charge in [0.1, 0.15) is 21.1 Å². The molecule has 0 fully saturated rings. The molecule has 6 rings (SSSR count). The van der Waals surface area contributed by atoms with Crippen molar-refractivity contribution in [1.82, 2.24) is 4.72 Å². The van der Waals surface area contributed by atoms with Gasteiger partial charge in [-0.05, 0) is 131 Å². The molecule has 4 aromatic carbocycles. The number of nitrogens with zero attached hydrogens (tertiary/aromatic N) is 2. The van der Waals surface area contributed by atoms with Crippen LogP contribution in [-0.4, -0.2) is 54.0 Å². The fourth-order valence-electron chi connectivity index (χ4n) is 11.1. The van der Waals surface area contributed by atoms with E-state index in [9.17, 15) is 31.3 Å². The molecule has 458 valence electrons. The number of anilines is 5. The lowest BCUT2D eigenvalue weighted by Crippen LogP contribution is -2.35. The first kappa shape index (κ1) is 67.2. The fourth-order valence-corrected chi connectivity index (χ4v) is 14.0. The summed E-state index contributed by atoms with van der Waals surface area (Å²) in [5, 5.41) is 9.94. The lowest BCUT2D eigenvalue weighted by molar-refractivity contribution is -0.118. The molecule has 3 atom stereocenters. The molecule has 1 heterocycles. The van der Waals surface area contributed by atoms with Gasteiger partial charge in [-0.2, -0.15) is 8.42 Å². The zero-order valence-corrected chi connectivity index (χ0v) is 54.6. The van der Waals surface area contributed by atoms with Gasteiger partial charge in [-0.3, -0.25) is 22.7 Å². The molecule has 1 aliphatic carbocycles. The summed E-state index contributed by atoms with van der Waals surface area (Å²) in [5.74, 6) is -0.307. The number of rotatable bonds is 25. The zero-order chi connectivity index (χ0) is 62.4. The second-order valence-electron chi connectivity index (χ2n) is 25.3. The van der Waals surface area contributed by atoms with Gasteiger partial charge in [0.15, 0.2) is 0 Å². The summed E-state index contributed by atoms with van der Waals surface area (Å²) in [6, 6.07) is 14.6. The van der Waals surface area contributed by atoms with E-state index in [0.29, 0.717) is 52.3 Å². The normalized spacial score (nSPS) is 13.8. The van der Waals surface area contributed by atoms with Gasteiger partial charge < -0.3 is 24.9 Å². The Bertz CT molecular complexity index is 3710. The third-order valence-corrected chi connectivity index (χ3v) is 18.5. The number of unbranched alkanes of at least 4 members (excludes halogenated alkanes) is 6. The first-order valence-electron chi connectivity index (χ1n) is 29.4. The van der Waals surface area contributed by atoms with E-state index >= 15 is 8.42 Å². The van der Waals surface area contributed by atoms with Crippen molar-refractivity contribution in [2.24, 2.45) is 15.8 Å². The summed E-state index contributed by atoms with van der Waals surface area (Å²) in [6.45, 7) is 30.9. The van der Waals surface area contributed by atoms with Crippen molar-refractivity contribution < 1.29 is 44.2 Å². The van der Waals surface area contributed by atoms with E-state index in [-0.39, 0.29) is 90.5 Å². The van der Waals surface area contributed by atoms with Crippen molar-refractivity contribution in [1.29, 1.82) is 0 Å². The molecule has 84 heavy (non-hydrogen) atoms. The number of sulfonamides is 1. The summed E-state index contributed by atoms with van der Waals surface area (Å²) in [5.41, 5.74) is 6.63. The van der Waals surface area contributed by atoms with Gasteiger partial charge in [-0.15, -0.1) is 0 Å². The third-order valence-electron chi connectivity index (χ3n) is 15.1.